The van der Waals surface area contributed by atoms with Crippen molar-refractivity contribution in [1.82, 2.24) is 4.90 Å². The summed E-state index contributed by atoms with van der Waals surface area (Å²) in [5.74, 6) is 1.71. The zero-order valence-corrected chi connectivity index (χ0v) is 15.8. The average Bonchev–Trinajstić information content (AvgIpc) is 3.07. The number of carbonyl (C=O) groups is 1. The monoisotopic (exact) mass is 353 g/mol. The summed E-state index contributed by atoms with van der Waals surface area (Å²) in [4.78, 5) is 15.0. The largest absolute Gasteiger partial charge is 0.493 e. The lowest BCUT2D eigenvalue weighted by Crippen LogP contribution is -2.42. The van der Waals surface area contributed by atoms with E-state index < -0.39 is 0 Å². The van der Waals surface area contributed by atoms with Gasteiger partial charge in [-0.2, -0.15) is 0 Å². The Bertz CT molecular complexity index is 724. The molecule has 3 rings (SSSR count). The van der Waals surface area contributed by atoms with Crippen LogP contribution in [-0.2, 0) is 24.1 Å². The van der Waals surface area contributed by atoms with Crippen LogP contribution in [0.15, 0.2) is 42.5 Å². The number of methoxy groups -OCH3 is 2. The van der Waals surface area contributed by atoms with Crippen LogP contribution < -0.4 is 9.47 Å². The Morgan fingerprint density at radius 2 is 1.62 bits per heavy atom. The first-order chi connectivity index (χ1) is 12.7. The lowest BCUT2D eigenvalue weighted by atomic mass is 10.1. The summed E-state index contributed by atoms with van der Waals surface area (Å²) in [5, 5.41) is 0. The van der Waals surface area contributed by atoms with Crippen molar-refractivity contribution in [3.8, 4) is 11.5 Å². The first kappa shape index (κ1) is 18.3. The molecule has 0 bridgehead atoms. The number of amides is 1. The maximum atomic E-state index is 13.0. The normalized spacial score (nSPS) is 13.3. The summed E-state index contributed by atoms with van der Waals surface area (Å²) in [5.41, 5.74) is 3.57. The molecule has 0 unspecified atom stereocenters. The highest BCUT2D eigenvalue weighted by atomic mass is 16.5. The van der Waals surface area contributed by atoms with Crippen molar-refractivity contribution in [2.75, 3.05) is 20.8 Å². The third-order valence-electron chi connectivity index (χ3n) is 5.04. The molecule has 4 nitrogen and oxygen atoms in total. The van der Waals surface area contributed by atoms with E-state index in [-0.39, 0.29) is 11.9 Å². The molecule has 0 aliphatic heterocycles. The van der Waals surface area contributed by atoms with Gasteiger partial charge in [0.2, 0.25) is 5.91 Å². The molecule has 1 aliphatic carbocycles. The SMILES string of the molecule is CCCN(C(=O)Cc1ccccc1)C1Cc2cc(OC)c(OC)cc2C1. The standard InChI is InChI=1S/C22H27NO3/c1-4-10-23(22(24)11-16-8-6-5-7-9-16)19-12-17-14-20(25-2)21(26-3)15-18(17)13-19/h5-9,14-15,19H,4,10-13H2,1-3H3. The molecule has 1 aliphatic rings. The van der Waals surface area contributed by atoms with Crippen molar-refractivity contribution >= 4 is 5.91 Å². The number of nitrogens with zero attached hydrogens (tertiary/aromatic N) is 1. The maximum Gasteiger partial charge on any atom is 0.227 e. The van der Waals surface area contributed by atoms with Crippen molar-refractivity contribution in [3.05, 3.63) is 59.2 Å². The van der Waals surface area contributed by atoms with E-state index in [1.807, 2.05) is 30.3 Å². The molecule has 0 N–H and O–H groups in total. The first-order valence-electron chi connectivity index (χ1n) is 9.23. The first-order valence-corrected chi connectivity index (χ1v) is 9.23. The van der Waals surface area contributed by atoms with Crippen LogP contribution in [-0.4, -0.2) is 37.6 Å². The van der Waals surface area contributed by atoms with E-state index in [4.69, 9.17) is 9.47 Å². The van der Waals surface area contributed by atoms with Gasteiger partial charge in [0.05, 0.1) is 20.6 Å². The maximum absolute atomic E-state index is 13.0. The molecule has 4 heteroatoms. The molecular weight excluding hydrogens is 326 g/mol. The summed E-state index contributed by atoms with van der Waals surface area (Å²) >= 11 is 0. The molecule has 0 spiro atoms. The zero-order chi connectivity index (χ0) is 18.5. The molecular formula is C22H27NO3. The zero-order valence-electron chi connectivity index (χ0n) is 15.8. The number of ether oxygens (including phenoxy) is 2. The Morgan fingerprint density at radius 3 is 2.12 bits per heavy atom. The third kappa shape index (κ3) is 3.85. The molecule has 0 heterocycles. The predicted octanol–water partition coefficient (Wildman–Crippen LogP) is 3.65. The quantitative estimate of drug-likeness (QED) is 0.763. The van der Waals surface area contributed by atoms with Gasteiger partial charge in [0.15, 0.2) is 11.5 Å². The van der Waals surface area contributed by atoms with E-state index in [2.05, 4.69) is 24.0 Å². The molecule has 1 amide bonds. The predicted molar refractivity (Wildman–Crippen MR) is 103 cm³/mol. The van der Waals surface area contributed by atoms with Gasteiger partial charge in [0, 0.05) is 12.6 Å². The van der Waals surface area contributed by atoms with Crippen LogP contribution in [0.25, 0.3) is 0 Å². The minimum atomic E-state index is 0.204. The van der Waals surface area contributed by atoms with Crippen LogP contribution in [0.1, 0.15) is 30.0 Å². The Balaban J connectivity index is 1.77. The Labute approximate surface area is 155 Å². The highest BCUT2D eigenvalue weighted by Crippen LogP contribution is 2.36. The summed E-state index contributed by atoms with van der Waals surface area (Å²) in [6.07, 6.45) is 3.16. The fourth-order valence-electron chi connectivity index (χ4n) is 3.77. The average molecular weight is 353 g/mol. The molecule has 0 saturated heterocycles. The fourth-order valence-corrected chi connectivity index (χ4v) is 3.77. The van der Waals surface area contributed by atoms with Gasteiger partial charge in [0.25, 0.3) is 0 Å². The van der Waals surface area contributed by atoms with Gasteiger partial charge in [-0.15, -0.1) is 0 Å². The van der Waals surface area contributed by atoms with Gasteiger partial charge in [0.1, 0.15) is 0 Å². The van der Waals surface area contributed by atoms with Crippen LogP contribution >= 0.6 is 0 Å². The second-order valence-electron chi connectivity index (χ2n) is 6.79. The molecule has 2 aromatic rings. The number of benzene rings is 2. The summed E-state index contributed by atoms with van der Waals surface area (Å²) in [6.45, 7) is 2.91. The Kier molecular flexibility index (Phi) is 5.82. The summed E-state index contributed by atoms with van der Waals surface area (Å²) in [6, 6.07) is 14.3. The molecule has 138 valence electrons. The molecule has 26 heavy (non-hydrogen) atoms. The number of fused-ring (bicyclic) bond motifs is 1. The van der Waals surface area contributed by atoms with E-state index in [1.54, 1.807) is 14.2 Å². The van der Waals surface area contributed by atoms with Crippen LogP contribution in [0.3, 0.4) is 0 Å². The number of rotatable bonds is 7. The van der Waals surface area contributed by atoms with Crippen molar-refractivity contribution in [1.29, 1.82) is 0 Å². The highest BCUT2D eigenvalue weighted by molar-refractivity contribution is 5.79. The van der Waals surface area contributed by atoms with Crippen molar-refractivity contribution in [2.24, 2.45) is 0 Å². The fraction of sp³-hybridized carbons (Fsp3) is 0.409. The van der Waals surface area contributed by atoms with E-state index in [0.29, 0.717) is 6.42 Å². The van der Waals surface area contributed by atoms with Crippen molar-refractivity contribution in [3.63, 3.8) is 0 Å². The Morgan fingerprint density at radius 1 is 1.04 bits per heavy atom. The smallest absolute Gasteiger partial charge is 0.227 e. The molecule has 0 fully saturated rings. The van der Waals surface area contributed by atoms with E-state index in [9.17, 15) is 4.79 Å². The molecule has 2 aromatic carbocycles. The topological polar surface area (TPSA) is 38.8 Å². The number of carbonyl (C=O) groups excluding carboxylic acids is 1. The summed E-state index contributed by atoms with van der Waals surface area (Å²) in [7, 11) is 3.31. The third-order valence-corrected chi connectivity index (χ3v) is 5.04. The van der Waals surface area contributed by atoms with Crippen LogP contribution in [0, 0.1) is 0 Å². The summed E-state index contributed by atoms with van der Waals surface area (Å²) < 4.78 is 10.9. The minimum absolute atomic E-state index is 0.204. The molecule has 0 aromatic heterocycles. The van der Waals surface area contributed by atoms with Gasteiger partial charge < -0.3 is 14.4 Å². The van der Waals surface area contributed by atoms with Crippen LogP contribution in [0.2, 0.25) is 0 Å². The molecule has 0 radical (unpaired) electrons. The van der Waals surface area contributed by atoms with Crippen LogP contribution in [0.5, 0.6) is 11.5 Å². The number of hydrogen-bond donors (Lipinski definition) is 0. The van der Waals surface area contributed by atoms with E-state index in [0.717, 1.165) is 42.9 Å². The highest BCUT2D eigenvalue weighted by Gasteiger charge is 2.30. The van der Waals surface area contributed by atoms with Gasteiger partial charge in [-0.05, 0) is 48.1 Å². The van der Waals surface area contributed by atoms with Crippen LogP contribution in [0.4, 0.5) is 0 Å². The Hall–Kier alpha value is -2.49. The minimum Gasteiger partial charge on any atom is -0.493 e. The molecule has 0 atom stereocenters. The van der Waals surface area contributed by atoms with Crippen molar-refractivity contribution < 1.29 is 14.3 Å². The van der Waals surface area contributed by atoms with Gasteiger partial charge in [-0.25, -0.2) is 0 Å². The van der Waals surface area contributed by atoms with E-state index >= 15 is 0 Å². The van der Waals surface area contributed by atoms with E-state index in [1.165, 1.54) is 11.1 Å². The second kappa shape index (κ2) is 8.26. The lowest BCUT2D eigenvalue weighted by Gasteiger charge is -2.29. The second-order valence-corrected chi connectivity index (χ2v) is 6.79. The lowest BCUT2D eigenvalue weighted by molar-refractivity contribution is -0.132. The number of hydrogen-bond acceptors (Lipinski definition) is 3. The van der Waals surface area contributed by atoms with Crippen molar-refractivity contribution in [2.45, 2.75) is 38.6 Å². The van der Waals surface area contributed by atoms with Gasteiger partial charge in [-0.3, -0.25) is 4.79 Å². The van der Waals surface area contributed by atoms with Gasteiger partial charge in [-0.1, -0.05) is 37.3 Å². The van der Waals surface area contributed by atoms with Gasteiger partial charge >= 0.3 is 0 Å². The molecule has 0 saturated carbocycles.